The summed E-state index contributed by atoms with van der Waals surface area (Å²) in [5.74, 6) is 1.61. The SMILES string of the molecule is COc1cc(C2=NOC(c3cc(CO)c(CO)c(CO)c3)C2)ccc1OCCCCOc1cc2c(cc1CO)C(=O)N1CCC[C@H]1C=N2. The predicted octanol–water partition coefficient (Wildman–Crippen LogP) is 4.09. The van der Waals surface area contributed by atoms with Crippen LogP contribution in [0, 0.1) is 0 Å². The second-order valence-corrected chi connectivity index (χ2v) is 12.0. The van der Waals surface area contributed by atoms with Gasteiger partial charge in [0.05, 0.1) is 69.8 Å². The van der Waals surface area contributed by atoms with E-state index in [1.54, 1.807) is 31.4 Å². The zero-order valence-electron chi connectivity index (χ0n) is 26.9. The van der Waals surface area contributed by atoms with Crippen molar-refractivity contribution in [2.75, 3.05) is 26.9 Å². The van der Waals surface area contributed by atoms with Gasteiger partial charge in [0.1, 0.15) is 5.75 Å². The molecule has 0 aliphatic carbocycles. The lowest BCUT2D eigenvalue weighted by Crippen LogP contribution is -2.35. The standard InChI is InChI=1S/C36H41N3O9/c1-45-35-14-22(30-15-34(48-38-30)23-11-24(18-40)29(21-43)25(12-23)19-41)6-7-32(35)46-9-2-3-10-47-33-16-31-28(13-26(33)20-42)36(44)39-8-4-5-27(39)17-37-31/h6-7,11-14,16-17,27,34,40-43H,2-5,8-10,15,18-21H2,1H3/t27-,34?/m0/s1. The van der Waals surface area contributed by atoms with Gasteiger partial charge in [0.2, 0.25) is 0 Å². The first-order valence-electron chi connectivity index (χ1n) is 16.2. The molecule has 0 radical (unpaired) electrons. The first kappa shape index (κ1) is 33.4. The van der Waals surface area contributed by atoms with Gasteiger partial charge in [0.25, 0.3) is 5.91 Å². The molecule has 48 heavy (non-hydrogen) atoms. The number of carbonyl (C=O) groups is 1. The van der Waals surface area contributed by atoms with Crippen LogP contribution >= 0.6 is 0 Å². The molecule has 4 N–H and O–H groups in total. The minimum atomic E-state index is -0.403. The third-order valence-corrected chi connectivity index (χ3v) is 9.07. The maximum absolute atomic E-state index is 13.1. The molecule has 3 aromatic carbocycles. The van der Waals surface area contributed by atoms with E-state index < -0.39 is 6.10 Å². The van der Waals surface area contributed by atoms with E-state index >= 15 is 0 Å². The second kappa shape index (κ2) is 15.2. The topological polar surface area (TPSA) is 163 Å². The number of unbranched alkanes of at least 4 members (excludes halogenated alkanes) is 1. The van der Waals surface area contributed by atoms with E-state index in [4.69, 9.17) is 19.0 Å². The van der Waals surface area contributed by atoms with Gasteiger partial charge in [-0.2, -0.15) is 0 Å². The van der Waals surface area contributed by atoms with Crippen LogP contribution in [0.5, 0.6) is 17.2 Å². The molecule has 6 rings (SSSR count). The fourth-order valence-electron chi connectivity index (χ4n) is 6.43. The molecule has 3 aromatic rings. The van der Waals surface area contributed by atoms with Crippen LogP contribution in [-0.2, 0) is 31.3 Å². The number of aliphatic hydroxyl groups excluding tert-OH is 4. The van der Waals surface area contributed by atoms with Gasteiger partial charge in [-0.3, -0.25) is 9.79 Å². The Bertz CT molecular complexity index is 1680. The van der Waals surface area contributed by atoms with Crippen molar-refractivity contribution in [1.82, 2.24) is 4.90 Å². The third-order valence-electron chi connectivity index (χ3n) is 9.07. The first-order valence-corrected chi connectivity index (χ1v) is 16.2. The summed E-state index contributed by atoms with van der Waals surface area (Å²) in [5.41, 5.74) is 5.52. The molecule has 254 valence electrons. The highest BCUT2D eigenvalue weighted by Crippen LogP contribution is 2.36. The summed E-state index contributed by atoms with van der Waals surface area (Å²) in [6, 6.07) is 12.6. The molecule has 0 aromatic heterocycles. The average Bonchev–Trinajstić information content (AvgIpc) is 3.79. The van der Waals surface area contributed by atoms with Gasteiger partial charge in [-0.25, -0.2) is 0 Å². The van der Waals surface area contributed by atoms with E-state index in [-0.39, 0.29) is 38.4 Å². The van der Waals surface area contributed by atoms with Crippen LogP contribution in [0.3, 0.4) is 0 Å². The van der Waals surface area contributed by atoms with Gasteiger partial charge < -0.3 is 44.4 Å². The molecule has 12 nitrogen and oxygen atoms in total. The number of amides is 1. The van der Waals surface area contributed by atoms with Crippen molar-refractivity contribution < 1.29 is 44.3 Å². The normalized spacial score (nSPS) is 18.2. The quantitative estimate of drug-likeness (QED) is 0.187. The number of methoxy groups -OCH3 is 1. The van der Waals surface area contributed by atoms with Crippen molar-refractivity contribution >= 4 is 23.5 Å². The van der Waals surface area contributed by atoms with Gasteiger partial charge >= 0.3 is 0 Å². The Kier molecular flexibility index (Phi) is 10.6. The number of ether oxygens (including phenoxy) is 3. The van der Waals surface area contributed by atoms with Gasteiger partial charge in [0, 0.05) is 36.4 Å². The molecular formula is C36H41N3O9. The molecule has 1 unspecified atom stereocenters. The monoisotopic (exact) mass is 659 g/mol. The van der Waals surface area contributed by atoms with E-state index in [9.17, 15) is 25.2 Å². The summed E-state index contributed by atoms with van der Waals surface area (Å²) in [6.07, 6.45) is 5.19. The van der Waals surface area contributed by atoms with Gasteiger partial charge in [0.15, 0.2) is 17.6 Å². The van der Waals surface area contributed by atoms with E-state index in [2.05, 4.69) is 10.1 Å². The highest BCUT2D eigenvalue weighted by Gasteiger charge is 2.32. The van der Waals surface area contributed by atoms with Crippen molar-refractivity contribution in [2.45, 2.75) is 70.7 Å². The van der Waals surface area contributed by atoms with Gasteiger partial charge in [-0.05, 0) is 84.3 Å². The Hall–Kier alpha value is -4.49. The minimum Gasteiger partial charge on any atom is -0.493 e. The van der Waals surface area contributed by atoms with Crippen LogP contribution < -0.4 is 14.2 Å². The maximum atomic E-state index is 13.1. The van der Waals surface area contributed by atoms with E-state index in [1.807, 2.05) is 29.3 Å². The summed E-state index contributed by atoms with van der Waals surface area (Å²) in [5, 5.41) is 43.5. The van der Waals surface area contributed by atoms with Crippen LogP contribution in [0.2, 0.25) is 0 Å². The Balaban J connectivity index is 1.01. The van der Waals surface area contributed by atoms with Gasteiger partial charge in [-0.15, -0.1) is 0 Å². The molecule has 3 heterocycles. The fourth-order valence-corrected chi connectivity index (χ4v) is 6.43. The van der Waals surface area contributed by atoms with E-state index in [0.717, 1.165) is 29.7 Å². The summed E-state index contributed by atoms with van der Waals surface area (Å²) >= 11 is 0. The molecule has 1 amide bonds. The second-order valence-electron chi connectivity index (χ2n) is 12.0. The van der Waals surface area contributed by atoms with Crippen molar-refractivity contribution in [1.29, 1.82) is 0 Å². The number of aliphatic imine (C=N–C) groups is 1. The summed E-state index contributed by atoms with van der Waals surface area (Å²) in [7, 11) is 1.58. The average molecular weight is 660 g/mol. The highest BCUT2D eigenvalue weighted by atomic mass is 16.6. The zero-order valence-corrected chi connectivity index (χ0v) is 26.9. The van der Waals surface area contributed by atoms with Crippen molar-refractivity contribution in [3.05, 3.63) is 81.4 Å². The minimum absolute atomic E-state index is 0.0183. The first-order chi connectivity index (χ1) is 23.5. The molecule has 2 atom stereocenters. The molecule has 0 saturated carbocycles. The molecular weight excluding hydrogens is 618 g/mol. The molecule has 3 aliphatic rings. The number of fused-ring (bicyclic) bond motifs is 2. The maximum Gasteiger partial charge on any atom is 0.256 e. The molecule has 1 fully saturated rings. The number of carbonyl (C=O) groups excluding carboxylic acids is 1. The lowest BCUT2D eigenvalue weighted by molar-refractivity contribution is 0.0774. The number of hydrogen-bond donors (Lipinski definition) is 4. The number of rotatable bonds is 14. The van der Waals surface area contributed by atoms with E-state index in [0.29, 0.717) is 89.8 Å². The van der Waals surface area contributed by atoms with E-state index in [1.165, 1.54) is 0 Å². The summed E-state index contributed by atoms with van der Waals surface area (Å²) < 4.78 is 17.6. The molecule has 0 spiro atoms. The van der Waals surface area contributed by atoms with Crippen LogP contribution in [0.25, 0.3) is 0 Å². The number of hydrogen-bond acceptors (Lipinski definition) is 11. The number of benzene rings is 3. The third kappa shape index (κ3) is 6.88. The van der Waals surface area contributed by atoms with Crippen LogP contribution in [0.1, 0.15) is 81.9 Å². The Morgan fingerprint density at radius 2 is 1.60 bits per heavy atom. The van der Waals surface area contributed by atoms with Gasteiger partial charge in [-0.1, -0.05) is 5.16 Å². The summed E-state index contributed by atoms with van der Waals surface area (Å²) in [6.45, 7) is 0.507. The Morgan fingerprint density at radius 1 is 0.875 bits per heavy atom. The molecule has 1 saturated heterocycles. The Labute approximate surface area is 278 Å². The molecule has 3 aliphatic heterocycles. The lowest BCUT2D eigenvalue weighted by atomic mass is 9.93. The Morgan fingerprint density at radius 3 is 2.29 bits per heavy atom. The highest BCUT2D eigenvalue weighted by molar-refractivity contribution is 6.03. The summed E-state index contributed by atoms with van der Waals surface area (Å²) in [4.78, 5) is 25.2. The smallest absolute Gasteiger partial charge is 0.256 e. The van der Waals surface area contributed by atoms with Crippen LogP contribution in [0.15, 0.2) is 52.6 Å². The molecule has 12 heteroatoms. The molecule has 0 bridgehead atoms. The number of nitrogens with zero attached hydrogens (tertiary/aromatic N) is 3. The zero-order chi connectivity index (χ0) is 33.6. The fraction of sp³-hybridized carbons (Fsp3) is 0.417. The number of oxime groups is 1. The van der Waals surface area contributed by atoms with Crippen molar-refractivity contribution in [2.24, 2.45) is 10.1 Å². The van der Waals surface area contributed by atoms with Crippen molar-refractivity contribution in [3.63, 3.8) is 0 Å². The number of aliphatic hydroxyl groups is 4. The predicted molar refractivity (Wildman–Crippen MR) is 177 cm³/mol. The lowest BCUT2D eigenvalue weighted by Gasteiger charge is -2.20. The van der Waals surface area contributed by atoms with Crippen LogP contribution in [0.4, 0.5) is 5.69 Å². The van der Waals surface area contributed by atoms with Crippen LogP contribution in [-0.4, -0.2) is 76.1 Å². The largest absolute Gasteiger partial charge is 0.493 e. The van der Waals surface area contributed by atoms with Crippen molar-refractivity contribution in [3.8, 4) is 17.2 Å².